The summed E-state index contributed by atoms with van der Waals surface area (Å²) in [5.41, 5.74) is 39.1. The topological polar surface area (TPSA) is 40.6 Å². The molecule has 23 rings (SSSR count). The first kappa shape index (κ1) is 64.3. The van der Waals surface area contributed by atoms with Gasteiger partial charge < -0.3 is 13.7 Å². The summed E-state index contributed by atoms with van der Waals surface area (Å²) in [6, 6.07) is 129. The van der Waals surface area contributed by atoms with E-state index in [4.69, 9.17) is 9.97 Å². The van der Waals surface area contributed by atoms with Gasteiger partial charge >= 0.3 is 0 Å². The van der Waals surface area contributed by atoms with E-state index in [0.717, 1.165) is 78.0 Å². The summed E-state index contributed by atoms with van der Waals surface area (Å²) in [5, 5.41) is 8.27. The molecule has 0 fully saturated rings. The summed E-state index contributed by atoms with van der Waals surface area (Å²) in [4.78, 5) is 11.3. The lowest BCUT2D eigenvalue weighted by atomic mass is 9.81. The molecule has 0 saturated carbocycles. The van der Waals surface area contributed by atoms with Crippen molar-refractivity contribution in [3.8, 4) is 118 Å². The Hall–Kier alpha value is -13.7. The minimum Gasteiger partial charge on any atom is -0.309 e. The SMILES string of the molecule is CC1(C)c2ccccc2-c2ccc(-c3ccc4c5ccccc5n(-c5ccc(-c6ccc7nc(-c8ccc(-n9c%10ccccc%10c%10ccc(-c%11ccc%12c(c%11)C(C)(C)c%11ccccc%11-%12)cc%109)cc8)nc(-c8cccc(-n9c%10ccccc%10c%10ccc(-c%11ccc%12c(c%11)C(C)(C)c%11ccccc%11-%12)cc%109)c8)c7c6)cc5)c4c3)cc21. The van der Waals surface area contributed by atoms with Gasteiger partial charge in [-0.2, -0.15) is 0 Å². The number of hydrogen-bond acceptors (Lipinski definition) is 2. The average Bonchev–Trinajstić information content (AvgIpc) is 1.55. The van der Waals surface area contributed by atoms with Crippen molar-refractivity contribution in [2.75, 3.05) is 0 Å². The Morgan fingerprint density at radius 3 is 0.964 bits per heavy atom. The van der Waals surface area contributed by atoms with Gasteiger partial charge in [0.15, 0.2) is 5.82 Å². The van der Waals surface area contributed by atoms with Gasteiger partial charge in [-0.25, -0.2) is 9.97 Å². The maximum atomic E-state index is 5.76. The highest BCUT2D eigenvalue weighted by molar-refractivity contribution is 6.13. The van der Waals surface area contributed by atoms with Crippen molar-refractivity contribution in [1.29, 1.82) is 0 Å². The predicted molar refractivity (Wildman–Crippen MR) is 468 cm³/mol. The van der Waals surface area contributed by atoms with E-state index in [1.54, 1.807) is 0 Å². The van der Waals surface area contributed by atoms with Gasteiger partial charge in [-0.05, 0) is 227 Å². The summed E-state index contributed by atoms with van der Waals surface area (Å²) < 4.78 is 7.32. The largest absolute Gasteiger partial charge is 0.309 e. The van der Waals surface area contributed by atoms with Crippen LogP contribution < -0.4 is 0 Å². The Labute approximate surface area is 650 Å². The summed E-state index contributed by atoms with van der Waals surface area (Å²) in [6.07, 6.45) is 0. The van der Waals surface area contributed by atoms with Crippen LogP contribution in [0.4, 0.5) is 0 Å². The van der Waals surface area contributed by atoms with E-state index in [-0.39, 0.29) is 16.2 Å². The molecule has 0 spiro atoms. The third-order valence-electron chi connectivity index (χ3n) is 25.7. The van der Waals surface area contributed by atoms with Gasteiger partial charge in [-0.3, -0.25) is 0 Å². The third kappa shape index (κ3) is 9.37. The zero-order valence-corrected chi connectivity index (χ0v) is 63.1. The van der Waals surface area contributed by atoms with Gasteiger partial charge in [0, 0.05) is 82.1 Å². The fraction of sp³-hybridized carbons (Fsp3) is 0.0841. The Bertz CT molecular complexity index is 7450. The van der Waals surface area contributed by atoms with Crippen molar-refractivity contribution < 1.29 is 0 Å². The van der Waals surface area contributed by atoms with E-state index in [1.807, 2.05) is 0 Å². The molecule has 0 N–H and O–H groups in total. The van der Waals surface area contributed by atoms with Crippen LogP contribution in [0.5, 0.6) is 0 Å². The quantitative estimate of drug-likeness (QED) is 0.144. The van der Waals surface area contributed by atoms with Crippen molar-refractivity contribution in [2.45, 2.75) is 57.8 Å². The van der Waals surface area contributed by atoms with Crippen molar-refractivity contribution in [3.05, 3.63) is 379 Å². The Morgan fingerprint density at radius 1 is 0.196 bits per heavy atom. The second kappa shape index (κ2) is 23.6. The Balaban J connectivity index is 0.647. The van der Waals surface area contributed by atoms with E-state index in [1.165, 1.54) is 143 Å². The maximum Gasteiger partial charge on any atom is 0.160 e. The number of rotatable bonds is 9. The second-order valence-electron chi connectivity index (χ2n) is 32.8. The lowest BCUT2D eigenvalue weighted by Gasteiger charge is -2.22. The lowest BCUT2D eigenvalue weighted by molar-refractivity contribution is 0.660. The van der Waals surface area contributed by atoms with Gasteiger partial charge in [0.1, 0.15) is 0 Å². The molecule has 4 aromatic heterocycles. The normalized spacial score (nSPS) is 14.0. The molecule has 0 unspecified atom stereocenters. The molecule has 5 nitrogen and oxygen atoms in total. The predicted octanol–water partition coefficient (Wildman–Crippen LogP) is 27.8. The van der Waals surface area contributed by atoms with Crippen LogP contribution >= 0.6 is 0 Å². The fourth-order valence-corrected chi connectivity index (χ4v) is 19.9. The highest BCUT2D eigenvalue weighted by Crippen LogP contribution is 2.54. The van der Waals surface area contributed by atoms with Crippen molar-refractivity contribution >= 4 is 76.3 Å². The minimum absolute atomic E-state index is 0.0953. The number of hydrogen-bond donors (Lipinski definition) is 0. The lowest BCUT2D eigenvalue weighted by Crippen LogP contribution is -2.14. The molecule has 3 aliphatic carbocycles. The highest BCUT2D eigenvalue weighted by atomic mass is 15.0. The van der Waals surface area contributed by atoms with Crippen LogP contribution in [0.1, 0.15) is 74.9 Å². The number of nitrogens with zero attached hydrogens (tertiary/aromatic N) is 5. The molecule has 112 heavy (non-hydrogen) atoms. The van der Waals surface area contributed by atoms with Crippen LogP contribution in [-0.4, -0.2) is 23.7 Å². The number of benzene rings is 16. The van der Waals surface area contributed by atoms with E-state index in [2.05, 4.69) is 401 Å². The summed E-state index contributed by atoms with van der Waals surface area (Å²) >= 11 is 0. The highest BCUT2D eigenvalue weighted by Gasteiger charge is 2.38. The van der Waals surface area contributed by atoms with Gasteiger partial charge in [0.25, 0.3) is 0 Å². The number of aromatic nitrogens is 5. The Kier molecular flexibility index (Phi) is 13.6. The van der Waals surface area contributed by atoms with E-state index >= 15 is 0 Å². The van der Waals surface area contributed by atoms with Crippen LogP contribution in [0.3, 0.4) is 0 Å². The van der Waals surface area contributed by atoms with Crippen LogP contribution in [0, 0.1) is 0 Å². The average molecular weight is 1430 g/mol. The summed E-state index contributed by atoms with van der Waals surface area (Å²) in [7, 11) is 0. The summed E-state index contributed by atoms with van der Waals surface area (Å²) in [5.74, 6) is 0.657. The Morgan fingerprint density at radius 2 is 0.527 bits per heavy atom. The van der Waals surface area contributed by atoms with Crippen LogP contribution in [0.2, 0.25) is 0 Å². The molecule has 0 atom stereocenters. The number of fused-ring (bicyclic) bond motifs is 19. The minimum atomic E-state index is -0.117. The molecule has 4 heterocycles. The molecule has 528 valence electrons. The monoisotopic (exact) mass is 1430 g/mol. The molecular formula is C107H75N5. The first-order valence-electron chi connectivity index (χ1n) is 39.3. The molecule has 0 amide bonds. The standard InChI is InChI=1S/C107H75N5/c1-105(2)90-28-13-7-22-77(90)80-49-38-67(58-93(80)105)70-41-52-86-83-25-10-16-31-97(83)110(100(86)61-70)74-45-34-64(35-46-74)66-44-55-96-89(57-66)103(73-20-19-21-76(56-73)112-99-33-18-12-27-85(99)88-54-43-72(63-102(88)112)69-40-51-82-79-24-9-15-30-92(79)107(5,6)95(82)60-69)109-104(108-96)65-36-47-75(48-37-65)111-98-32-17-11-26-84(98)87-53-42-71(62-101(87)111)68-39-50-81-78-23-8-14-29-91(78)106(3,4)94(81)59-68/h7-63H,1-6H3. The van der Waals surface area contributed by atoms with Crippen LogP contribution in [-0.2, 0) is 16.2 Å². The molecule has 3 aliphatic rings. The molecule has 16 aromatic carbocycles. The molecule has 0 saturated heterocycles. The maximum absolute atomic E-state index is 5.76. The van der Waals surface area contributed by atoms with Crippen LogP contribution in [0.25, 0.3) is 194 Å². The van der Waals surface area contributed by atoms with Gasteiger partial charge in [0.05, 0.1) is 44.3 Å². The van der Waals surface area contributed by atoms with E-state index in [9.17, 15) is 0 Å². The second-order valence-corrected chi connectivity index (χ2v) is 32.8. The van der Waals surface area contributed by atoms with Crippen molar-refractivity contribution in [3.63, 3.8) is 0 Å². The first-order chi connectivity index (χ1) is 54.8. The summed E-state index contributed by atoms with van der Waals surface area (Å²) in [6.45, 7) is 14.2. The fourth-order valence-electron chi connectivity index (χ4n) is 19.9. The van der Waals surface area contributed by atoms with Crippen LogP contribution in [0.15, 0.2) is 346 Å². The van der Waals surface area contributed by atoms with Gasteiger partial charge in [0.2, 0.25) is 0 Å². The molecule has 0 radical (unpaired) electrons. The molecule has 20 aromatic rings. The molecule has 5 heteroatoms. The van der Waals surface area contributed by atoms with Crippen molar-refractivity contribution in [1.82, 2.24) is 23.7 Å². The van der Waals surface area contributed by atoms with Crippen molar-refractivity contribution in [2.24, 2.45) is 0 Å². The third-order valence-corrected chi connectivity index (χ3v) is 25.7. The smallest absolute Gasteiger partial charge is 0.160 e. The van der Waals surface area contributed by atoms with Gasteiger partial charge in [-0.1, -0.05) is 272 Å². The zero-order chi connectivity index (χ0) is 74.6. The molecular weight excluding hydrogens is 1360 g/mol. The molecule has 0 bridgehead atoms. The molecule has 0 aliphatic heterocycles. The van der Waals surface area contributed by atoms with E-state index in [0.29, 0.717) is 5.82 Å². The first-order valence-corrected chi connectivity index (χ1v) is 39.3. The zero-order valence-electron chi connectivity index (χ0n) is 63.1. The number of para-hydroxylation sites is 3. The van der Waals surface area contributed by atoms with Gasteiger partial charge in [-0.15, -0.1) is 0 Å². The van der Waals surface area contributed by atoms with E-state index < -0.39 is 0 Å².